The molecule has 0 radical (unpaired) electrons. The summed E-state index contributed by atoms with van der Waals surface area (Å²) in [5.74, 6) is -0.570. The Morgan fingerprint density at radius 2 is 2.14 bits per heavy atom. The molecule has 0 amide bonds. The van der Waals surface area contributed by atoms with Crippen LogP contribution in [0.5, 0.6) is 11.6 Å². The Bertz CT molecular complexity index is 732. The van der Waals surface area contributed by atoms with E-state index in [1.165, 1.54) is 18.2 Å². The van der Waals surface area contributed by atoms with Gasteiger partial charge in [0.2, 0.25) is 5.88 Å². The minimum atomic E-state index is -1.07. The first-order valence-corrected chi connectivity index (χ1v) is 6.78. The average molecular weight is 400 g/mol. The maximum Gasteiger partial charge on any atom is 0.335 e. The molecule has 1 aromatic heterocycles. The molecule has 0 saturated heterocycles. The van der Waals surface area contributed by atoms with Crippen LogP contribution < -0.4 is 4.74 Å². The van der Waals surface area contributed by atoms with Crippen LogP contribution in [0, 0.1) is 20.6 Å². The van der Waals surface area contributed by atoms with Crippen LogP contribution in [0.25, 0.3) is 0 Å². The summed E-state index contributed by atoms with van der Waals surface area (Å²) in [6.07, 6.45) is 1.11. The van der Waals surface area contributed by atoms with E-state index in [0.29, 0.717) is 14.9 Å². The fourth-order valence-electron chi connectivity index (χ4n) is 1.60. The lowest BCUT2D eigenvalue weighted by molar-refractivity contribution is -0.385. The van der Waals surface area contributed by atoms with E-state index in [1.807, 2.05) is 22.6 Å². The highest BCUT2D eigenvalue weighted by molar-refractivity contribution is 14.1. The van der Waals surface area contributed by atoms with Crippen LogP contribution in [0.15, 0.2) is 30.5 Å². The Morgan fingerprint density at radius 3 is 2.71 bits per heavy atom. The number of hydrogen-bond acceptors (Lipinski definition) is 5. The van der Waals surface area contributed by atoms with Gasteiger partial charge < -0.3 is 9.84 Å². The minimum Gasteiger partial charge on any atom is -0.478 e. The van der Waals surface area contributed by atoms with Crippen molar-refractivity contribution in [2.24, 2.45) is 0 Å². The van der Waals surface area contributed by atoms with Crippen molar-refractivity contribution in [3.8, 4) is 11.6 Å². The fraction of sp³-hybridized carbons (Fsp3) is 0.0769. The van der Waals surface area contributed by atoms with Crippen molar-refractivity contribution in [3.05, 3.63) is 55.3 Å². The molecule has 0 aliphatic rings. The number of ether oxygens (including phenoxy) is 1. The van der Waals surface area contributed by atoms with Crippen LogP contribution in [0.1, 0.15) is 15.9 Å². The normalized spacial score (nSPS) is 10.2. The third-order valence-electron chi connectivity index (χ3n) is 2.65. The van der Waals surface area contributed by atoms with Gasteiger partial charge in [0.15, 0.2) is 0 Å². The number of pyridine rings is 1. The van der Waals surface area contributed by atoms with Gasteiger partial charge in [-0.3, -0.25) is 10.1 Å². The monoisotopic (exact) mass is 400 g/mol. The van der Waals surface area contributed by atoms with Crippen LogP contribution in [-0.2, 0) is 0 Å². The van der Waals surface area contributed by atoms with Crippen LogP contribution in [0.3, 0.4) is 0 Å². The molecule has 7 nitrogen and oxygen atoms in total. The highest BCUT2D eigenvalue weighted by Gasteiger charge is 2.14. The van der Waals surface area contributed by atoms with Crippen LogP contribution in [0.2, 0.25) is 0 Å². The number of aryl methyl sites for hydroxylation is 1. The van der Waals surface area contributed by atoms with E-state index >= 15 is 0 Å². The van der Waals surface area contributed by atoms with Gasteiger partial charge in [-0.25, -0.2) is 9.78 Å². The molecule has 21 heavy (non-hydrogen) atoms. The fourth-order valence-corrected chi connectivity index (χ4v) is 2.04. The predicted octanol–water partition coefficient (Wildman–Crippen LogP) is 3.39. The minimum absolute atomic E-state index is 0.0871. The zero-order valence-electron chi connectivity index (χ0n) is 10.7. The topological polar surface area (TPSA) is 103 Å². The number of nitrogens with zero attached hydrogens (tertiary/aromatic N) is 2. The first kappa shape index (κ1) is 15.2. The molecule has 0 saturated carbocycles. The third-order valence-corrected chi connectivity index (χ3v) is 3.54. The molecule has 1 heterocycles. The second-order valence-electron chi connectivity index (χ2n) is 4.12. The Morgan fingerprint density at radius 1 is 1.43 bits per heavy atom. The van der Waals surface area contributed by atoms with Crippen molar-refractivity contribution in [1.82, 2.24) is 4.98 Å². The first-order valence-electron chi connectivity index (χ1n) is 5.70. The van der Waals surface area contributed by atoms with Gasteiger partial charge in [0.05, 0.1) is 14.1 Å². The van der Waals surface area contributed by atoms with E-state index in [-0.39, 0.29) is 17.1 Å². The zero-order chi connectivity index (χ0) is 15.6. The molecule has 8 heteroatoms. The van der Waals surface area contributed by atoms with Crippen LogP contribution in [0.4, 0.5) is 5.69 Å². The van der Waals surface area contributed by atoms with E-state index in [2.05, 4.69) is 4.98 Å². The Kier molecular flexibility index (Phi) is 4.36. The van der Waals surface area contributed by atoms with Crippen molar-refractivity contribution in [2.75, 3.05) is 0 Å². The van der Waals surface area contributed by atoms with Gasteiger partial charge in [-0.1, -0.05) is 0 Å². The highest BCUT2D eigenvalue weighted by atomic mass is 127. The van der Waals surface area contributed by atoms with Crippen LogP contribution in [-0.4, -0.2) is 21.0 Å². The number of halogens is 1. The van der Waals surface area contributed by atoms with Gasteiger partial charge in [0, 0.05) is 11.6 Å². The van der Waals surface area contributed by atoms with Crippen molar-refractivity contribution in [3.63, 3.8) is 0 Å². The molecule has 0 spiro atoms. The third kappa shape index (κ3) is 3.45. The number of nitro groups is 1. The van der Waals surface area contributed by atoms with Gasteiger partial charge >= 0.3 is 5.97 Å². The van der Waals surface area contributed by atoms with E-state index < -0.39 is 10.9 Å². The molecule has 108 valence electrons. The number of aromatic nitrogens is 1. The predicted molar refractivity (Wildman–Crippen MR) is 81.8 cm³/mol. The first-order chi connectivity index (χ1) is 9.88. The second-order valence-corrected chi connectivity index (χ2v) is 5.28. The summed E-state index contributed by atoms with van der Waals surface area (Å²) in [5.41, 5.74) is 0.398. The molecule has 2 rings (SSSR count). The molecule has 0 atom stereocenters. The van der Waals surface area contributed by atoms with Gasteiger partial charge in [0.1, 0.15) is 11.9 Å². The average Bonchev–Trinajstić information content (AvgIpc) is 2.40. The van der Waals surface area contributed by atoms with Crippen molar-refractivity contribution in [1.29, 1.82) is 0 Å². The molecule has 0 fully saturated rings. The zero-order valence-corrected chi connectivity index (χ0v) is 12.9. The SMILES string of the molecule is Cc1cc(Oc2cc(C(=O)O)ccc2I)ncc1[N+](=O)[O-]. The molecule has 0 unspecified atom stereocenters. The number of benzene rings is 1. The lowest BCUT2D eigenvalue weighted by Gasteiger charge is -2.08. The Hall–Kier alpha value is -2.23. The summed E-state index contributed by atoms with van der Waals surface area (Å²) < 4.78 is 6.22. The number of carboxylic acids is 1. The number of carboxylic acid groups (broad SMARTS) is 1. The largest absolute Gasteiger partial charge is 0.478 e. The molecule has 2 aromatic rings. The Balaban J connectivity index is 2.34. The molecule has 0 aliphatic heterocycles. The lowest BCUT2D eigenvalue weighted by Crippen LogP contribution is -1.99. The van der Waals surface area contributed by atoms with E-state index in [9.17, 15) is 14.9 Å². The summed E-state index contributed by atoms with van der Waals surface area (Å²) in [6, 6.07) is 5.88. The summed E-state index contributed by atoms with van der Waals surface area (Å²) in [5, 5.41) is 19.7. The van der Waals surface area contributed by atoms with Crippen molar-refractivity contribution in [2.45, 2.75) is 6.92 Å². The quantitative estimate of drug-likeness (QED) is 0.480. The number of hydrogen-bond donors (Lipinski definition) is 1. The summed E-state index contributed by atoms with van der Waals surface area (Å²) in [4.78, 5) is 25.0. The van der Waals surface area contributed by atoms with E-state index in [1.54, 1.807) is 13.0 Å². The Labute approximate surface area is 132 Å². The number of carbonyl (C=O) groups is 1. The summed E-state index contributed by atoms with van der Waals surface area (Å²) in [7, 11) is 0. The van der Waals surface area contributed by atoms with Gasteiger partial charge in [-0.15, -0.1) is 0 Å². The summed E-state index contributed by atoms with van der Waals surface area (Å²) in [6.45, 7) is 1.57. The molecule has 1 N–H and O–H groups in total. The smallest absolute Gasteiger partial charge is 0.335 e. The van der Waals surface area contributed by atoms with Gasteiger partial charge in [0.25, 0.3) is 5.69 Å². The number of rotatable bonds is 4. The maximum absolute atomic E-state index is 10.9. The molecule has 1 aromatic carbocycles. The maximum atomic E-state index is 10.9. The van der Waals surface area contributed by atoms with Crippen molar-refractivity contribution >= 4 is 34.2 Å². The van der Waals surface area contributed by atoms with Gasteiger partial charge in [-0.2, -0.15) is 0 Å². The van der Waals surface area contributed by atoms with E-state index in [0.717, 1.165) is 6.20 Å². The highest BCUT2D eigenvalue weighted by Crippen LogP contribution is 2.29. The standard InChI is InChI=1S/C13H9IN2O5/c1-7-4-12(15-6-10(7)16(19)20)21-11-5-8(13(17)18)2-3-9(11)14/h2-6H,1H3,(H,17,18). The summed E-state index contributed by atoms with van der Waals surface area (Å²) >= 11 is 2.00. The number of aromatic carboxylic acids is 1. The van der Waals surface area contributed by atoms with Gasteiger partial charge in [-0.05, 0) is 47.7 Å². The molecular formula is C13H9IN2O5. The molecular weight excluding hydrogens is 391 g/mol. The second kappa shape index (κ2) is 6.04. The van der Waals surface area contributed by atoms with Crippen molar-refractivity contribution < 1.29 is 19.6 Å². The van der Waals surface area contributed by atoms with E-state index in [4.69, 9.17) is 9.84 Å². The van der Waals surface area contributed by atoms with Crippen LogP contribution >= 0.6 is 22.6 Å². The molecule has 0 aliphatic carbocycles. The lowest BCUT2D eigenvalue weighted by atomic mass is 10.2. The molecule has 0 bridgehead atoms.